The van der Waals surface area contributed by atoms with E-state index in [4.69, 9.17) is 15.5 Å². The lowest BCUT2D eigenvalue weighted by atomic mass is 10.0. The lowest BCUT2D eigenvalue weighted by molar-refractivity contribution is 0.0982. The zero-order valence-electron chi connectivity index (χ0n) is 23.9. The van der Waals surface area contributed by atoms with Gasteiger partial charge in [0.1, 0.15) is 11.8 Å². The van der Waals surface area contributed by atoms with Gasteiger partial charge in [0.2, 0.25) is 5.88 Å². The summed E-state index contributed by atoms with van der Waals surface area (Å²) in [5.41, 5.74) is 8.58. The Morgan fingerprint density at radius 1 is 1.00 bits per heavy atom. The molecular formula is C30H44N8O2. The van der Waals surface area contributed by atoms with E-state index >= 15 is 0 Å². The Kier molecular flexibility index (Phi) is 8.09. The van der Waals surface area contributed by atoms with Crippen LogP contribution in [0.1, 0.15) is 61.6 Å². The fourth-order valence-corrected chi connectivity index (χ4v) is 6.87. The summed E-state index contributed by atoms with van der Waals surface area (Å²) in [6.07, 6.45) is 7.46. The number of hydrogen-bond donors (Lipinski definition) is 3. The third-order valence-corrected chi connectivity index (χ3v) is 9.22. The molecule has 10 nitrogen and oxygen atoms in total. The molecule has 2 bridgehead atoms. The SMILES string of the molecule is CCc1nc(C(N)=O)c(Nc2ccc(N3CCC(N4CCN(C)CC4)CC3)cc2)nc1OC1C[C@H]2CC[C@@H](C1)N2. The van der Waals surface area contributed by atoms with Crippen molar-refractivity contribution in [2.24, 2.45) is 5.73 Å². The van der Waals surface area contributed by atoms with Crippen molar-refractivity contribution in [1.29, 1.82) is 0 Å². The normalized spacial score (nSPS) is 26.1. The number of ether oxygens (including phenoxy) is 1. The van der Waals surface area contributed by atoms with E-state index in [9.17, 15) is 4.79 Å². The van der Waals surface area contributed by atoms with Crippen molar-refractivity contribution in [1.82, 2.24) is 25.1 Å². The second kappa shape index (κ2) is 11.9. The van der Waals surface area contributed by atoms with Crippen LogP contribution in [0.2, 0.25) is 0 Å². The van der Waals surface area contributed by atoms with Crippen molar-refractivity contribution >= 4 is 23.1 Å². The molecule has 0 radical (unpaired) electrons. The third-order valence-electron chi connectivity index (χ3n) is 9.22. The third kappa shape index (κ3) is 6.04. The molecule has 6 rings (SSSR count). The number of nitrogens with two attached hydrogens (primary N) is 1. The topological polar surface area (TPSA) is 112 Å². The van der Waals surface area contributed by atoms with Crippen LogP contribution in [0.25, 0.3) is 0 Å². The van der Waals surface area contributed by atoms with E-state index in [2.05, 4.69) is 49.5 Å². The lowest BCUT2D eigenvalue weighted by Gasteiger charge is -2.42. The molecule has 0 spiro atoms. The molecule has 4 aliphatic heterocycles. The highest BCUT2D eigenvalue weighted by molar-refractivity contribution is 5.96. The van der Waals surface area contributed by atoms with Crippen molar-refractivity contribution in [3.8, 4) is 5.88 Å². The molecule has 5 heterocycles. The quantitative estimate of drug-likeness (QED) is 0.458. The molecule has 10 heteroatoms. The Hall–Kier alpha value is -2.95. The van der Waals surface area contributed by atoms with Crippen molar-refractivity contribution in [2.75, 3.05) is 56.5 Å². The molecule has 1 unspecified atom stereocenters. The highest BCUT2D eigenvalue weighted by atomic mass is 16.5. The van der Waals surface area contributed by atoms with Crippen LogP contribution < -0.4 is 26.0 Å². The summed E-state index contributed by atoms with van der Waals surface area (Å²) in [6.45, 7) is 8.84. The molecule has 1 amide bonds. The number of amides is 1. The van der Waals surface area contributed by atoms with Gasteiger partial charge in [-0.3, -0.25) is 9.69 Å². The monoisotopic (exact) mass is 548 g/mol. The fraction of sp³-hybridized carbons (Fsp3) is 0.633. The van der Waals surface area contributed by atoms with Crippen LogP contribution in [0.4, 0.5) is 17.2 Å². The van der Waals surface area contributed by atoms with Gasteiger partial charge in [-0.1, -0.05) is 6.92 Å². The molecule has 40 heavy (non-hydrogen) atoms. The number of carbonyl (C=O) groups excluding carboxylic acids is 1. The number of aromatic nitrogens is 2. The van der Waals surface area contributed by atoms with Gasteiger partial charge in [0.15, 0.2) is 11.5 Å². The number of nitrogens with zero attached hydrogens (tertiary/aromatic N) is 5. The van der Waals surface area contributed by atoms with Crippen LogP contribution >= 0.6 is 0 Å². The summed E-state index contributed by atoms with van der Waals surface area (Å²) in [5.74, 6) is 0.245. The summed E-state index contributed by atoms with van der Waals surface area (Å²) in [7, 11) is 2.21. The molecule has 0 aliphatic carbocycles. The van der Waals surface area contributed by atoms with Gasteiger partial charge in [0, 0.05) is 68.8 Å². The fourth-order valence-electron chi connectivity index (χ4n) is 6.87. The number of piperidine rings is 2. The largest absolute Gasteiger partial charge is 0.473 e. The molecule has 3 atom stereocenters. The van der Waals surface area contributed by atoms with Gasteiger partial charge in [-0.15, -0.1) is 0 Å². The smallest absolute Gasteiger partial charge is 0.271 e. The number of aryl methyl sites for hydroxylation is 1. The first-order chi connectivity index (χ1) is 19.4. The van der Waals surface area contributed by atoms with Crippen molar-refractivity contribution in [2.45, 2.75) is 76.1 Å². The molecule has 4 fully saturated rings. The molecule has 216 valence electrons. The average Bonchev–Trinajstić information content (AvgIpc) is 3.31. The molecule has 4 aliphatic rings. The van der Waals surface area contributed by atoms with Crippen LogP contribution in [-0.4, -0.2) is 96.2 Å². The van der Waals surface area contributed by atoms with Gasteiger partial charge in [0.05, 0.1) is 0 Å². The van der Waals surface area contributed by atoms with E-state index in [1.807, 2.05) is 19.1 Å². The summed E-state index contributed by atoms with van der Waals surface area (Å²) in [6, 6.07) is 10.1. The van der Waals surface area contributed by atoms with Gasteiger partial charge in [0.25, 0.3) is 5.91 Å². The van der Waals surface area contributed by atoms with E-state index in [0.717, 1.165) is 31.6 Å². The number of anilines is 3. The summed E-state index contributed by atoms with van der Waals surface area (Å²) < 4.78 is 6.41. The standard InChI is InChI=1S/C30H44N8O2/c1-3-26-30(40-25-18-21-4-5-22(19-25)32-21)35-29(27(34-26)28(31)39)33-20-6-8-23(9-7-20)37-12-10-24(11-13-37)38-16-14-36(2)15-17-38/h6-9,21-22,24-25,32H,3-5,10-19H2,1-2H3,(H2,31,39)(H,33,35)/t21-,22+,25?. The minimum absolute atomic E-state index is 0.102. The van der Waals surface area contributed by atoms with Crippen molar-refractivity contribution in [3.63, 3.8) is 0 Å². The van der Waals surface area contributed by atoms with Crippen LogP contribution in [-0.2, 0) is 6.42 Å². The van der Waals surface area contributed by atoms with Crippen LogP contribution in [0.5, 0.6) is 5.88 Å². The Labute approximate surface area is 237 Å². The predicted molar refractivity (Wildman–Crippen MR) is 158 cm³/mol. The Morgan fingerprint density at radius 2 is 1.68 bits per heavy atom. The second-order valence-corrected chi connectivity index (χ2v) is 12.0. The Balaban J connectivity index is 1.12. The molecule has 4 saturated heterocycles. The highest BCUT2D eigenvalue weighted by Crippen LogP contribution is 2.32. The van der Waals surface area contributed by atoms with E-state index in [0.29, 0.717) is 41.9 Å². The average molecular weight is 549 g/mol. The van der Waals surface area contributed by atoms with Crippen LogP contribution in [0, 0.1) is 0 Å². The second-order valence-electron chi connectivity index (χ2n) is 12.0. The zero-order valence-corrected chi connectivity index (χ0v) is 23.9. The van der Waals surface area contributed by atoms with Crippen molar-refractivity contribution in [3.05, 3.63) is 35.7 Å². The number of hydrogen-bond acceptors (Lipinski definition) is 9. The number of likely N-dealkylation sites (N-methyl/N-ethyl adjacent to an activating group) is 1. The summed E-state index contributed by atoms with van der Waals surface area (Å²) in [4.78, 5) is 29.2. The molecular weight excluding hydrogens is 504 g/mol. The number of primary amides is 1. The van der Waals surface area contributed by atoms with Gasteiger partial charge in [-0.2, -0.15) is 4.98 Å². The first-order valence-electron chi connectivity index (χ1n) is 15.1. The maximum atomic E-state index is 12.3. The first kappa shape index (κ1) is 27.2. The van der Waals surface area contributed by atoms with Gasteiger partial charge in [-0.25, -0.2) is 4.98 Å². The Morgan fingerprint density at radius 3 is 2.30 bits per heavy atom. The number of rotatable bonds is 8. The minimum Gasteiger partial charge on any atom is -0.473 e. The van der Waals surface area contributed by atoms with Gasteiger partial charge < -0.3 is 30.9 Å². The summed E-state index contributed by atoms with van der Waals surface area (Å²) in [5, 5.41) is 6.95. The molecule has 1 aromatic heterocycles. The predicted octanol–water partition coefficient (Wildman–Crippen LogP) is 2.76. The zero-order chi connectivity index (χ0) is 27.6. The maximum Gasteiger partial charge on any atom is 0.271 e. The highest BCUT2D eigenvalue weighted by Gasteiger charge is 2.35. The number of piperazine rings is 1. The molecule has 4 N–H and O–H groups in total. The number of benzene rings is 1. The molecule has 2 aromatic rings. The van der Waals surface area contributed by atoms with E-state index in [1.54, 1.807) is 0 Å². The first-order valence-corrected chi connectivity index (χ1v) is 15.1. The number of carbonyl (C=O) groups is 1. The van der Waals surface area contributed by atoms with Crippen LogP contribution in [0.3, 0.4) is 0 Å². The molecule has 1 aromatic carbocycles. The number of nitrogens with one attached hydrogen (secondary N) is 2. The van der Waals surface area contributed by atoms with Gasteiger partial charge >= 0.3 is 0 Å². The van der Waals surface area contributed by atoms with Crippen molar-refractivity contribution < 1.29 is 9.53 Å². The van der Waals surface area contributed by atoms with Gasteiger partial charge in [-0.05, 0) is 76.3 Å². The van der Waals surface area contributed by atoms with E-state index < -0.39 is 5.91 Å². The minimum atomic E-state index is -0.601. The van der Waals surface area contributed by atoms with E-state index in [-0.39, 0.29) is 11.8 Å². The Bertz CT molecular complexity index is 1160. The lowest BCUT2D eigenvalue weighted by Crippen LogP contribution is -2.52. The van der Waals surface area contributed by atoms with Crippen LogP contribution in [0.15, 0.2) is 24.3 Å². The number of fused-ring (bicyclic) bond motifs is 2. The van der Waals surface area contributed by atoms with E-state index in [1.165, 1.54) is 57.5 Å². The molecule has 0 saturated carbocycles. The summed E-state index contributed by atoms with van der Waals surface area (Å²) >= 11 is 0. The maximum absolute atomic E-state index is 12.3.